The van der Waals surface area contributed by atoms with Crippen LogP contribution in [-0.4, -0.2) is 53.4 Å². The molecule has 0 bridgehead atoms. The van der Waals surface area contributed by atoms with Crippen molar-refractivity contribution in [1.29, 1.82) is 0 Å². The largest absolute Gasteiger partial charge is 0.481 e. The minimum atomic E-state index is -4.66. The molecule has 2 heterocycles. The van der Waals surface area contributed by atoms with E-state index in [4.69, 9.17) is 5.11 Å². The van der Waals surface area contributed by atoms with Crippen LogP contribution >= 0.6 is 0 Å². The molecular weight excluding hydrogens is 351 g/mol. The van der Waals surface area contributed by atoms with Gasteiger partial charge in [-0.25, -0.2) is 0 Å². The molecule has 1 N–H and O–H groups in total. The molecule has 1 aromatic rings. The van der Waals surface area contributed by atoms with Gasteiger partial charge in [0.25, 0.3) is 5.91 Å². The van der Waals surface area contributed by atoms with E-state index in [1.807, 2.05) is 6.92 Å². The number of carboxylic acid groups (broad SMARTS) is 1. The van der Waals surface area contributed by atoms with E-state index >= 15 is 0 Å². The third-order valence-electron chi connectivity index (χ3n) is 4.73. The van der Waals surface area contributed by atoms with E-state index in [0.29, 0.717) is 0 Å². The molecule has 0 aliphatic carbocycles. The second-order valence-electron chi connectivity index (χ2n) is 6.56. The number of anilines is 1. The topological polar surface area (TPSA) is 73.2 Å². The summed E-state index contributed by atoms with van der Waals surface area (Å²) < 4.78 is 39.1. The van der Waals surface area contributed by atoms with E-state index in [2.05, 4.69) is 5.10 Å². The lowest BCUT2D eigenvalue weighted by Crippen LogP contribution is -2.34. The number of aliphatic carboxylic acids is 1. The molecule has 1 amide bonds. The van der Waals surface area contributed by atoms with Gasteiger partial charge in [0, 0.05) is 37.3 Å². The van der Waals surface area contributed by atoms with E-state index < -0.39 is 43.0 Å². The first-order chi connectivity index (χ1) is 12.2. The molecule has 26 heavy (non-hydrogen) atoms. The number of halogens is 3. The third kappa shape index (κ3) is 3.51. The fourth-order valence-corrected chi connectivity index (χ4v) is 3.27. The van der Waals surface area contributed by atoms with Gasteiger partial charge in [-0.2, -0.15) is 18.3 Å². The molecule has 6 nitrogen and oxygen atoms in total. The van der Waals surface area contributed by atoms with E-state index in [0.717, 1.165) is 29.3 Å². The van der Waals surface area contributed by atoms with Crippen molar-refractivity contribution in [2.75, 3.05) is 24.6 Å². The zero-order chi connectivity index (χ0) is 19.1. The standard InChI is InChI=1S/C17H18F3N3O3/c1-10-6-7-23(21-10)12-4-2-11(3-5-12)15(24)22-8-13(16(25)26)14(9-22)17(18,19)20/h2-5,13-14H,6-9H2,1H3,(H,25,26)/t13-,14-/m1/s1. The number of amides is 1. The Morgan fingerprint density at radius 1 is 1.19 bits per heavy atom. The van der Waals surface area contributed by atoms with Crippen molar-refractivity contribution in [2.24, 2.45) is 16.9 Å². The molecular formula is C17H18F3N3O3. The van der Waals surface area contributed by atoms with Gasteiger partial charge in [-0.3, -0.25) is 14.6 Å². The predicted molar refractivity (Wildman–Crippen MR) is 88.1 cm³/mol. The summed E-state index contributed by atoms with van der Waals surface area (Å²) in [6.07, 6.45) is -3.81. The van der Waals surface area contributed by atoms with Crippen LogP contribution < -0.4 is 5.01 Å². The van der Waals surface area contributed by atoms with E-state index in [1.54, 1.807) is 17.1 Å². The summed E-state index contributed by atoms with van der Waals surface area (Å²) in [6, 6.07) is 6.41. The molecule has 1 aromatic carbocycles. The van der Waals surface area contributed by atoms with Crippen LogP contribution in [0.1, 0.15) is 23.7 Å². The number of hydrogen-bond acceptors (Lipinski definition) is 4. The van der Waals surface area contributed by atoms with Gasteiger partial charge in [0.1, 0.15) is 0 Å². The lowest BCUT2D eigenvalue weighted by Gasteiger charge is -2.19. The van der Waals surface area contributed by atoms with Crippen molar-refractivity contribution in [3.63, 3.8) is 0 Å². The second-order valence-corrected chi connectivity index (χ2v) is 6.56. The number of alkyl halides is 3. The van der Waals surface area contributed by atoms with E-state index in [-0.39, 0.29) is 5.56 Å². The SMILES string of the molecule is CC1=NN(c2ccc(C(=O)N3C[C@@H](C(F)(F)F)[C@H](C(=O)O)C3)cc2)CC1. The van der Waals surface area contributed by atoms with Crippen molar-refractivity contribution >= 4 is 23.3 Å². The van der Waals surface area contributed by atoms with Gasteiger partial charge < -0.3 is 10.0 Å². The predicted octanol–water partition coefficient (Wildman–Crippen LogP) is 2.61. The molecule has 0 aromatic heterocycles. The van der Waals surface area contributed by atoms with Crippen LogP contribution in [0, 0.1) is 11.8 Å². The monoisotopic (exact) mass is 369 g/mol. The Balaban J connectivity index is 1.74. The van der Waals surface area contributed by atoms with E-state index in [9.17, 15) is 22.8 Å². The minimum absolute atomic E-state index is 0.223. The normalized spacial score (nSPS) is 23.3. The Morgan fingerprint density at radius 3 is 2.31 bits per heavy atom. The molecule has 2 aliphatic heterocycles. The lowest BCUT2D eigenvalue weighted by molar-refractivity contribution is -0.187. The van der Waals surface area contributed by atoms with Crippen LogP contribution in [0.4, 0.5) is 18.9 Å². The summed E-state index contributed by atoms with van der Waals surface area (Å²) in [6.45, 7) is 1.56. The Morgan fingerprint density at radius 2 is 1.85 bits per heavy atom. The molecule has 1 fully saturated rings. The highest BCUT2D eigenvalue weighted by Gasteiger charge is 2.53. The van der Waals surface area contributed by atoms with Crippen molar-refractivity contribution in [2.45, 2.75) is 19.5 Å². The maximum Gasteiger partial charge on any atom is 0.394 e. The average molecular weight is 369 g/mol. The Kier molecular flexibility index (Phi) is 4.64. The number of carboxylic acids is 1. The number of rotatable bonds is 3. The van der Waals surface area contributed by atoms with Gasteiger partial charge >= 0.3 is 12.1 Å². The lowest BCUT2D eigenvalue weighted by atomic mass is 9.96. The van der Waals surface area contributed by atoms with Crippen LogP contribution in [0.15, 0.2) is 29.4 Å². The smallest absolute Gasteiger partial charge is 0.394 e. The number of hydrazone groups is 1. The maximum absolute atomic E-state index is 13.0. The summed E-state index contributed by atoms with van der Waals surface area (Å²) >= 11 is 0. The first kappa shape index (κ1) is 18.2. The Hall–Kier alpha value is -2.58. The second kappa shape index (κ2) is 6.62. The number of carbonyl (C=O) groups is 2. The number of hydrogen-bond donors (Lipinski definition) is 1. The van der Waals surface area contributed by atoms with Crippen molar-refractivity contribution in [1.82, 2.24) is 4.90 Å². The van der Waals surface area contributed by atoms with Crippen LogP contribution in [0.3, 0.4) is 0 Å². The summed E-state index contributed by atoms with van der Waals surface area (Å²) in [4.78, 5) is 24.6. The maximum atomic E-state index is 13.0. The minimum Gasteiger partial charge on any atom is -0.481 e. The highest BCUT2D eigenvalue weighted by atomic mass is 19.4. The van der Waals surface area contributed by atoms with Crippen molar-refractivity contribution in [3.8, 4) is 0 Å². The van der Waals surface area contributed by atoms with Gasteiger partial charge in [0.05, 0.1) is 17.5 Å². The molecule has 2 atom stereocenters. The molecule has 9 heteroatoms. The summed E-state index contributed by atoms with van der Waals surface area (Å²) in [5, 5.41) is 15.2. The van der Waals surface area contributed by atoms with Gasteiger partial charge in [-0.1, -0.05) is 0 Å². The Bertz CT molecular complexity index is 746. The van der Waals surface area contributed by atoms with Crippen LogP contribution in [0.5, 0.6) is 0 Å². The van der Waals surface area contributed by atoms with Crippen molar-refractivity contribution in [3.05, 3.63) is 29.8 Å². The first-order valence-corrected chi connectivity index (χ1v) is 8.17. The van der Waals surface area contributed by atoms with Crippen LogP contribution in [-0.2, 0) is 4.79 Å². The fraction of sp³-hybridized carbons (Fsp3) is 0.471. The molecule has 0 saturated carbocycles. The van der Waals surface area contributed by atoms with Crippen LogP contribution in [0.25, 0.3) is 0 Å². The molecule has 140 valence electrons. The van der Waals surface area contributed by atoms with Gasteiger partial charge in [0.15, 0.2) is 0 Å². The first-order valence-electron chi connectivity index (χ1n) is 8.17. The molecule has 0 spiro atoms. The van der Waals surface area contributed by atoms with Gasteiger partial charge in [-0.05, 0) is 31.2 Å². The average Bonchev–Trinajstić information content (AvgIpc) is 3.20. The summed E-state index contributed by atoms with van der Waals surface area (Å²) in [5.74, 6) is -5.83. The zero-order valence-corrected chi connectivity index (χ0v) is 14.0. The van der Waals surface area contributed by atoms with Gasteiger partial charge in [0.2, 0.25) is 0 Å². The highest BCUT2D eigenvalue weighted by Crippen LogP contribution is 2.38. The van der Waals surface area contributed by atoms with E-state index in [1.165, 1.54) is 12.1 Å². The quantitative estimate of drug-likeness (QED) is 0.889. The zero-order valence-electron chi connectivity index (χ0n) is 14.0. The molecule has 0 unspecified atom stereocenters. The number of nitrogens with zero attached hydrogens (tertiary/aromatic N) is 3. The summed E-state index contributed by atoms with van der Waals surface area (Å²) in [5.41, 5.74) is 2.01. The number of carbonyl (C=O) groups excluding carboxylic acids is 1. The highest BCUT2D eigenvalue weighted by molar-refractivity contribution is 5.95. The Labute approximate surface area is 147 Å². The molecule has 2 aliphatic rings. The van der Waals surface area contributed by atoms with Crippen LogP contribution in [0.2, 0.25) is 0 Å². The van der Waals surface area contributed by atoms with Gasteiger partial charge in [-0.15, -0.1) is 0 Å². The summed E-state index contributed by atoms with van der Waals surface area (Å²) in [7, 11) is 0. The van der Waals surface area contributed by atoms with Crippen molar-refractivity contribution < 1.29 is 27.9 Å². The molecule has 0 radical (unpaired) electrons. The molecule has 1 saturated heterocycles. The molecule has 3 rings (SSSR count). The number of likely N-dealkylation sites (tertiary alicyclic amines) is 1. The fourth-order valence-electron chi connectivity index (χ4n) is 3.27. The third-order valence-corrected chi connectivity index (χ3v) is 4.73. The number of benzene rings is 1.